The second kappa shape index (κ2) is 6.87. The number of benzene rings is 3. The first-order chi connectivity index (χ1) is 11.6. The van der Waals surface area contributed by atoms with Crippen LogP contribution >= 0.6 is 0 Å². The Morgan fingerprint density at radius 1 is 0.917 bits per heavy atom. The van der Waals surface area contributed by atoms with Crippen LogP contribution in [0, 0.1) is 0 Å². The second-order valence-electron chi connectivity index (χ2n) is 5.45. The standard InChI is InChI=1S/C20H17NO3/c21-18-11-16(10-17(12-18)20(22)23)15-6-8-19(9-7-15)24-13-14-4-2-1-3-5-14/h1-12H,13,21H2,(H,22,23). The zero-order valence-corrected chi connectivity index (χ0v) is 13.0. The first kappa shape index (κ1) is 15.6. The Hall–Kier alpha value is -3.27. The van der Waals surface area contributed by atoms with Gasteiger partial charge < -0.3 is 15.6 Å². The average molecular weight is 319 g/mol. The molecule has 24 heavy (non-hydrogen) atoms. The topological polar surface area (TPSA) is 72.6 Å². The van der Waals surface area contributed by atoms with E-state index in [2.05, 4.69) is 0 Å². The van der Waals surface area contributed by atoms with Crippen molar-refractivity contribution < 1.29 is 14.6 Å². The van der Waals surface area contributed by atoms with E-state index in [0.29, 0.717) is 12.3 Å². The van der Waals surface area contributed by atoms with Crippen LogP contribution < -0.4 is 10.5 Å². The van der Waals surface area contributed by atoms with Gasteiger partial charge in [0.1, 0.15) is 12.4 Å². The Bertz CT molecular complexity index is 843. The van der Waals surface area contributed by atoms with Gasteiger partial charge in [-0.2, -0.15) is 0 Å². The van der Waals surface area contributed by atoms with Crippen LogP contribution in [-0.4, -0.2) is 11.1 Å². The lowest BCUT2D eigenvalue weighted by Gasteiger charge is -2.09. The highest BCUT2D eigenvalue weighted by Crippen LogP contribution is 2.26. The Morgan fingerprint density at radius 3 is 2.29 bits per heavy atom. The van der Waals surface area contributed by atoms with E-state index in [-0.39, 0.29) is 5.56 Å². The maximum Gasteiger partial charge on any atom is 0.335 e. The van der Waals surface area contributed by atoms with E-state index < -0.39 is 5.97 Å². The molecule has 0 saturated heterocycles. The molecule has 0 aromatic heterocycles. The molecule has 3 aromatic carbocycles. The summed E-state index contributed by atoms with van der Waals surface area (Å²) >= 11 is 0. The summed E-state index contributed by atoms with van der Waals surface area (Å²) in [6.45, 7) is 0.502. The van der Waals surface area contributed by atoms with E-state index >= 15 is 0 Å². The predicted octanol–water partition coefficient (Wildman–Crippen LogP) is 4.21. The molecule has 3 N–H and O–H groups in total. The van der Waals surface area contributed by atoms with Crippen molar-refractivity contribution in [3.05, 3.63) is 83.9 Å². The van der Waals surface area contributed by atoms with Crippen LogP contribution in [-0.2, 0) is 6.61 Å². The quantitative estimate of drug-likeness (QED) is 0.691. The van der Waals surface area contributed by atoms with Crippen LogP contribution in [0.3, 0.4) is 0 Å². The lowest BCUT2D eigenvalue weighted by atomic mass is 10.0. The van der Waals surface area contributed by atoms with Crippen LogP contribution in [0.15, 0.2) is 72.8 Å². The summed E-state index contributed by atoms with van der Waals surface area (Å²) in [6.07, 6.45) is 0. The van der Waals surface area contributed by atoms with Crippen LogP contribution in [0.2, 0.25) is 0 Å². The predicted molar refractivity (Wildman–Crippen MR) is 94.0 cm³/mol. The third-order valence-corrected chi connectivity index (χ3v) is 3.64. The number of carboxylic acids is 1. The Morgan fingerprint density at radius 2 is 1.62 bits per heavy atom. The van der Waals surface area contributed by atoms with Crippen LogP contribution in [0.25, 0.3) is 11.1 Å². The van der Waals surface area contributed by atoms with E-state index in [0.717, 1.165) is 22.4 Å². The second-order valence-corrected chi connectivity index (χ2v) is 5.45. The van der Waals surface area contributed by atoms with E-state index in [4.69, 9.17) is 15.6 Å². The lowest BCUT2D eigenvalue weighted by Crippen LogP contribution is -1.99. The number of rotatable bonds is 5. The van der Waals surface area contributed by atoms with E-state index in [1.54, 1.807) is 12.1 Å². The molecule has 0 atom stereocenters. The highest BCUT2D eigenvalue weighted by Gasteiger charge is 2.07. The summed E-state index contributed by atoms with van der Waals surface area (Å²) in [5, 5.41) is 9.13. The van der Waals surface area contributed by atoms with E-state index in [1.165, 1.54) is 6.07 Å². The van der Waals surface area contributed by atoms with Crippen molar-refractivity contribution in [3.8, 4) is 16.9 Å². The normalized spacial score (nSPS) is 10.3. The minimum atomic E-state index is -0.994. The largest absolute Gasteiger partial charge is 0.489 e. The highest BCUT2D eigenvalue weighted by atomic mass is 16.5. The molecule has 0 unspecified atom stereocenters. The van der Waals surface area contributed by atoms with Gasteiger partial charge in [0.05, 0.1) is 5.56 Å². The molecule has 0 aliphatic rings. The molecule has 0 amide bonds. The molecule has 0 heterocycles. The number of nitrogen functional groups attached to an aromatic ring is 1. The maximum absolute atomic E-state index is 11.1. The molecule has 3 aromatic rings. The Labute approximate surface area is 140 Å². The number of carboxylic acid groups (broad SMARTS) is 1. The summed E-state index contributed by atoms with van der Waals surface area (Å²) in [7, 11) is 0. The van der Waals surface area contributed by atoms with Gasteiger partial charge in [0, 0.05) is 5.69 Å². The minimum absolute atomic E-state index is 0.175. The first-order valence-electron chi connectivity index (χ1n) is 7.53. The SMILES string of the molecule is Nc1cc(C(=O)O)cc(-c2ccc(OCc3ccccc3)cc2)c1. The van der Waals surface area contributed by atoms with Gasteiger partial charge in [-0.1, -0.05) is 42.5 Å². The molecule has 0 fully saturated rings. The number of carbonyl (C=O) groups is 1. The zero-order valence-electron chi connectivity index (χ0n) is 13.0. The number of hydrogen-bond acceptors (Lipinski definition) is 3. The van der Waals surface area contributed by atoms with E-state index in [1.807, 2.05) is 54.6 Å². The van der Waals surface area contributed by atoms with Gasteiger partial charge in [-0.15, -0.1) is 0 Å². The van der Waals surface area contributed by atoms with Crippen molar-refractivity contribution in [2.75, 3.05) is 5.73 Å². The smallest absolute Gasteiger partial charge is 0.335 e. The monoisotopic (exact) mass is 319 g/mol. The van der Waals surface area contributed by atoms with Crippen molar-refractivity contribution >= 4 is 11.7 Å². The molecule has 4 heteroatoms. The van der Waals surface area contributed by atoms with Gasteiger partial charge >= 0.3 is 5.97 Å². The summed E-state index contributed by atoms with van der Waals surface area (Å²) < 4.78 is 5.75. The van der Waals surface area contributed by atoms with Gasteiger partial charge in [0.25, 0.3) is 0 Å². The van der Waals surface area contributed by atoms with Gasteiger partial charge in [-0.05, 0) is 47.0 Å². The number of aromatic carboxylic acids is 1. The number of anilines is 1. The molecule has 0 radical (unpaired) electrons. The van der Waals surface area contributed by atoms with Crippen LogP contribution in [0.4, 0.5) is 5.69 Å². The highest BCUT2D eigenvalue weighted by molar-refractivity contribution is 5.91. The molecule has 0 spiro atoms. The van der Waals surface area contributed by atoms with Gasteiger partial charge in [0.15, 0.2) is 0 Å². The summed E-state index contributed by atoms with van der Waals surface area (Å²) in [6, 6.07) is 22.3. The van der Waals surface area contributed by atoms with Gasteiger partial charge in [0.2, 0.25) is 0 Å². The molecule has 4 nitrogen and oxygen atoms in total. The van der Waals surface area contributed by atoms with Crippen LogP contribution in [0.5, 0.6) is 5.75 Å². The third-order valence-electron chi connectivity index (χ3n) is 3.64. The summed E-state index contributed by atoms with van der Waals surface area (Å²) in [4.78, 5) is 11.1. The first-order valence-corrected chi connectivity index (χ1v) is 7.53. The molecule has 0 saturated carbocycles. The fraction of sp³-hybridized carbons (Fsp3) is 0.0500. The maximum atomic E-state index is 11.1. The molecular formula is C20H17NO3. The number of ether oxygens (including phenoxy) is 1. The summed E-state index contributed by atoms with van der Waals surface area (Å²) in [5.41, 5.74) is 9.14. The van der Waals surface area contributed by atoms with Crippen molar-refractivity contribution in [1.82, 2.24) is 0 Å². The molecule has 3 rings (SSSR count). The number of nitrogens with two attached hydrogens (primary N) is 1. The van der Waals surface area contributed by atoms with E-state index in [9.17, 15) is 4.79 Å². The molecule has 120 valence electrons. The molecular weight excluding hydrogens is 302 g/mol. The fourth-order valence-corrected chi connectivity index (χ4v) is 2.43. The Kier molecular flexibility index (Phi) is 4.47. The number of hydrogen-bond donors (Lipinski definition) is 2. The Balaban J connectivity index is 1.76. The summed E-state index contributed by atoms with van der Waals surface area (Å²) in [5.74, 6) is -0.240. The van der Waals surface area contributed by atoms with Crippen LogP contribution in [0.1, 0.15) is 15.9 Å². The van der Waals surface area contributed by atoms with Gasteiger partial charge in [-0.3, -0.25) is 0 Å². The fourth-order valence-electron chi connectivity index (χ4n) is 2.43. The van der Waals surface area contributed by atoms with Crippen molar-refractivity contribution in [1.29, 1.82) is 0 Å². The zero-order chi connectivity index (χ0) is 16.9. The molecule has 0 aliphatic heterocycles. The van der Waals surface area contributed by atoms with Crippen molar-refractivity contribution in [2.24, 2.45) is 0 Å². The third kappa shape index (κ3) is 3.73. The molecule has 0 bridgehead atoms. The van der Waals surface area contributed by atoms with Crippen molar-refractivity contribution in [3.63, 3.8) is 0 Å². The minimum Gasteiger partial charge on any atom is -0.489 e. The average Bonchev–Trinajstić information content (AvgIpc) is 2.61. The van der Waals surface area contributed by atoms with Gasteiger partial charge in [-0.25, -0.2) is 4.79 Å². The lowest BCUT2D eigenvalue weighted by molar-refractivity contribution is 0.0697. The molecule has 0 aliphatic carbocycles. The van der Waals surface area contributed by atoms with Crippen molar-refractivity contribution in [2.45, 2.75) is 6.61 Å².